The second kappa shape index (κ2) is 4.20. The van der Waals surface area contributed by atoms with Gasteiger partial charge in [0.1, 0.15) is 17.3 Å². The lowest BCUT2D eigenvalue weighted by Crippen LogP contribution is -2.13. The van der Waals surface area contributed by atoms with Crippen molar-refractivity contribution in [1.82, 2.24) is 0 Å². The van der Waals surface area contributed by atoms with Gasteiger partial charge in [-0.15, -0.1) is 0 Å². The fourth-order valence-corrected chi connectivity index (χ4v) is 1.89. The molecule has 5 heteroatoms. The fraction of sp³-hybridized carbons (Fsp3) is 0. The Morgan fingerprint density at radius 2 is 1.84 bits per heavy atom. The summed E-state index contributed by atoms with van der Waals surface area (Å²) in [5.41, 5.74) is 1.67. The third kappa shape index (κ3) is 2.06. The van der Waals surface area contributed by atoms with E-state index in [1.54, 1.807) is 12.1 Å². The molecular formula is C14H9FN2O2. The molecule has 0 saturated carbocycles. The van der Waals surface area contributed by atoms with Crippen LogP contribution in [0.25, 0.3) is 0 Å². The lowest BCUT2D eigenvalue weighted by Gasteiger charge is -1.98. The highest BCUT2D eigenvalue weighted by molar-refractivity contribution is 6.54. The summed E-state index contributed by atoms with van der Waals surface area (Å²) in [6, 6.07) is 10.1. The summed E-state index contributed by atoms with van der Waals surface area (Å²) in [7, 11) is 0. The van der Waals surface area contributed by atoms with Gasteiger partial charge in [0, 0.05) is 5.56 Å². The molecule has 0 unspecified atom stereocenters. The van der Waals surface area contributed by atoms with E-state index in [0.717, 1.165) is 0 Å². The van der Waals surface area contributed by atoms with Gasteiger partial charge in [-0.25, -0.2) is 9.38 Å². The molecule has 2 aromatic rings. The second-order valence-corrected chi connectivity index (χ2v) is 4.12. The predicted octanol–water partition coefficient (Wildman–Crippen LogP) is 2.60. The van der Waals surface area contributed by atoms with Crippen LogP contribution in [0.15, 0.2) is 47.5 Å². The Labute approximate surface area is 108 Å². The number of aromatic hydroxyl groups is 1. The Kier molecular flexibility index (Phi) is 2.52. The number of fused-ring (bicyclic) bond motifs is 1. The van der Waals surface area contributed by atoms with Crippen LogP contribution >= 0.6 is 0 Å². The molecule has 2 aromatic carbocycles. The molecule has 2 N–H and O–H groups in total. The first kappa shape index (κ1) is 11.4. The van der Waals surface area contributed by atoms with Gasteiger partial charge in [-0.3, -0.25) is 4.79 Å². The molecule has 0 saturated heterocycles. The number of carbonyl (C=O) groups excluding carboxylic acids is 1. The Hall–Kier alpha value is -2.69. The van der Waals surface area contributed by atoms with Gasteiger partial charge in [0.25, 0.3) is 5.91 Å². The van der Waals surface area contributed by atoms with Crippen LogP contribution in [0.5, 0.6) is 5.75 Å². The topological polar surface area (TPSA) is 61.7 Å². The molecule has 1 aliphatic rings. The average molecular weight is 256 g/mol. The van der Waals surface area contributed by atoms with Crippen molar-refractivity contribution in [2.75, 3.05) is 5.32 Å². The molecule has 1 heterocycles. The Morgan fingerprint density at radius 3 is 2.58 bits per heavy atom. The number of phenolic OH excluding ortho intramolecular Hbond substituents is 1. The molecule has 19 heavy (non-hydrogen) atoms. The van der Waals surface area contributed by atoms with Gasteiger partial charge in [-0.05, 0) is 42.5 Å². The first-order valence-corrected chi connectivity index (χ1v) is 5.62. The minimum Gasteiger partial charge on any atom is -0.508 e. The number of carbonyl (C=O) groups is 1. The number of hydrogen-bond donors (Lipinski definition) is 2. The van der Waals surface area contributed by atoms with Crippen LogP contribution in [0.4, 0.5) is 15.8 Å². The lowest BCUT2D eigenvalue weighted by atomic mass is 10.1. The zero-order chi connectivity index (χ0) is 13.4. The Balaban J connectivity index is 2.08. The maximum atomic E-state index is 13.2. The van der Waals surface area contributed by atoms with Crippen molar-refractivity contribution in [3.63, 3.8) is 0 Å². The smallest absolute Gasteiger partial charge is 0.275 e. The van der Waals surface area contributed by atoms with E-state index in [9.17, 15) is 14.3 Å². The summed E-state index contributed by atoms with van der Waals surface area (Å²) >= 11 is 0. The number of anilines is 1. The highest BCUT2D eigenvalue weighted by atomic mass is 19.1. The van der Waals surface area contributed by atoms with E-state index >= 15 is 0 Å². The van der Waals surface area contributed by atoms with Gasteiger partial charge in [-0.1, -0.05) is 0 Å². The first-order valence-electron chi connectivity index (χ1n) is 5.62. The van der Waals surface area contributed by atoms with Crippen molar-refractivity contribution >= 4 is 23.0 Å². The van der Waals surface area contributed by atoms with Crippen LogP contribution < -0.4 is 5.32 Å². The molecule has 0 radical (unpaired) electrons. The molecule has 1 aliphatic heterocycles. The zero-order valence-corrected chi connectivity index (χ0v) is 9.72. The monoisotopic (exact) mass is 256 g/mol. The van der Waals surface area contributed by atoms with Crippen LogP contribution in [-0.4, -0.2) is 16.7 Å². The highest BCUT2D eigenvalue weighted by Crippen LogP contribution is 2.26. The molecule has 4 nitrogen and oxygen atoms in total. The summed E-state index contributed by atoms with van der Waals surface area (Å²) in [5.74, 6) is -0.673. The van der Waals surface area contributed by atoms with Crippen LogP contribution in [0.1, 0.15) is 5.56 Å². The second-order valence-electron chi connectivity index (χ2n) is 4.12. The van der Waals surface area contributed by atoms with Crippen LogP contribution in [0, 0.1) is 5.82 Å². The van der Waals surface area contributed by atoms with E-state index in [-0.39, 0.29) is 17.4 Å². The number of aliphatic imine (C=N–C) groups is 1. The van der Waals surface area contributed by atoms with Crippen molar-refractivity contribution in [3.8, 4) is 5.75 Å². The number of halogens is 1. The third-order valence-electron chi connectivity index (χ3n) is 2.79. The third-order valence-corrected chi connectivity index (χ3v) is 2.79. The number of amides is 1. The van der Waals surface area contributed by atoms with Crippen molar-refractivity contribution in [3.05, 3.63) is 53.8 Å². The molecule has 0 fully saturated rings. The van der Waals surface area contributed by atoms with E-state index in [1.165, 1.54) is 30.3 Å². The minimum absolute atomic E-state index is 0.117. The predicted molar refractivity (Wildman–Crippen MR) is 69.3 cm³/mol. The molecule has 0 spiro atoms. The summed E-state index contributed by atoms with van der Waals surface area (Å²) in [6.07, 6.45) is 0. The van der Waals surface area contributed by atoms with Gasteiger partial charge < -0.3 is 10.4 Å². The summed E-state index contributed by atoms with van der Waals surface area (Å²) < 4.78 is 13.2. The first-order chi connectivity index (χ1) is 9.13. The maximum Gasteiger partial charge on any atom is 0.275 e. The largest absolute Gasteiger partial charge is 0.508 e. The van der Waals surface area contributed by atoms with Crippen molar-refractivity contribution in [2.24, 2.45) is 4.99 Å². The normalized spacial score (nSPS) is 15.4. The molecule has 0 bridgehead atoms. The number of nitrogens with one attached hydrogen (secondary N) is 1. The van der Waals surface area contributed by atoms with Gasteiger partial charge in [0.05, 0.1) is 11.4 Å². The molecule has 1 amide bonds. The Bertz CT molecular complexity index is 693. The number of hydrogen-bond acceptors (Lipinski definition) is 3. The summed E-state index contributed by atoms with van der Waals surface area (Å²) in [5, 5.41) is 11.8. The van der Waals surface area contributed by atoms with Crippen molar-refractivity contribution in [2.45, 2.75) is 0 Å². The van der Waals surface area contributed by atoms with Crippen molar-refractivity contribution in [1.29, 1.82) is 0 Å². The molecule has 94 valence electrons. The van der Waals surface area contributed by atoms with Crippen LogP contribution in [-0.2, 0) is 4.79 Å². The molecule has 0 aromatic heterocycles. The molecule has 0 atom stereocenters. The SMILES string of the molecule is O=C1Nc2ccc(F)cc2C1=Nc1ccc(O)cc1. The van der Waals surface area contributed by atoms with E-state index in [4.69, 9.17) is 0 Å². The van der Waals surface area contributed by atoms with E-state index in [2.05, 4.69) is 10.3 Å². The molecule has 3 rings (SSSR count). The number of benzene rings is 2. The van der Waals surface area contributed by atoms with E-state index in [1.807, 2.05) is 0 Å². The quantitative estimate of drug-likeness (QED) is 0.823. The van der Waals surface area contributed by atoms with Gasteiger partial charge >= 0.3 is 0 Å². The standard InChI is InChI=1S/C14H9FN2O2/c15-8-1-6-12-11(7-8)13(14(19)17-12)16-9-2-4-10(18)5-3-9/h1-7,18H,(H,16,17,19). The summed E-state index contributed by atoms with van der Waals surface area (Å²) in [4.78, 5) is 16.0. The molecule has 0 aliphatic carbocycles. The lowest BCUT2D eigenvalue weighted by molar-refractivity contribution is -0.110. The minimum atomic E-state index is -0.423. The maximum absolute atomic E-state index is 13.2. The zero-order valence-electron chi connectivity index (χ0n) is 9.72. The number of nitrogens with zero attached hydrogens (tertiary/aromatic N) is 1. The fourth-order valence-electron chi connectivity index (χ4n) is 1.89. The van der Waals surface area contributed by atoms with Gasteiger partial charge in [0.15, 0.2) is 0 Å². The van der Waals surface area contributed by atoms with E-state index in [0.29, 0.717) is 16.9 Å². The number of rotatable bonds is 1. The van der Waals surface area contributed by atoms with Crippen LogP contribution in [0.3, 0.4) is 0 Å². The van der Waals surface area contributed by atoms with Crippen LogP contribution in [0.2, 0.25) is 0 Å². The van der Waals surface area contributed by atoms with Crippen molar-refractivity contribution < 1.29 is 14.3 Å². The highest BCUT2D eigenvalue weighted by Gasteiger charge is 2.26. The van der Waals surface area contributed by atoms with E-state index < -0.39 is 5.82 Å². The Morgan fingerprint density at radius 1 is 1.11 bits per heavy atom. The van der Waals surface area contributed by atoms with Gasteiger partial charge in [0.2, 0.25) is 0 Å². The van der Waals surface area contributed by atoms with Gasteiger partial charge in [-0.2, -0.15) is 0 Å². The average Bonchev–Trinajstić information content (AvgIpc) is 2.69. The molecular weight excluding hydrogens is 247 g/mol. The number of phenols is 1. The summed E-state index contributed by atoms with van der Waals surface area (Å²) in [6.45, 7) is 0.